The summed E-state index contributed by atoms with van der Waals surface area (Å²) in [4.78, 5) is 24.1. The Bertz CT molecular complexity index is 1280. The minimum Gasteiger partial charge on any atom is -0.337 e. The summed E-state index contributed by atoms with van der Waals surface area (Å²) in [6, 6.07) is 16.0. The zero-order valence-electron chi connectivity index (χ0n) is 18.4. The SMILES string of the molecule is Cc1n[nH]c(C)c1N=C1S/C(=C2\Sc3ccc(Cl)cc3N2C)C(=O)N1CCc1ccccc1. The van der Waals surface area contributed by atoms with Gasteiger partial charge in [-0.3, -0.25) is 14.8 Å². The van der Waals surface area contributed by atoms with Gasteiger partial charge in [0.15, 0.2) is 5.17 Å². The number of aryl methyl sites for hydroxylation is 2. The van der Waals surface area contributed by atoms with E-state index >= 15 is 0 Å². The van der Waals surface area contributed by atoms with Crippen molar-refractivity contribution in [2.75, 3.05) is 18.5 Å². The van der Waals surface area contributed by atoms with E-state index in [9.17, 15) is 4.79 Å². The van der Waals surface area contributed by atoms with E-state index in [1.54, 1.807) is 16.7 Å². The number of aliphatic imine (C=N–C) groups is 1. The van der Waals surface area contributed by atoms with E-state index in [1.165, 1.54) is 17.3 Å². The van der Waals surface area contributed by atoms with Gasteiger partial charge >= 0.3 is 0 Å². The van der Waals surface area contributed by atoms with Crippen molar-refractivity contribution in [1.82, 2.24) is 15.1 Å². The summed E-state index contributed by atoms with van der Waals surface area (Å²) in [5.41, 5.74) is 4.66. The van der Waals surface area contributed by atoms with Crippen molar-refractivity contribution in [2.45, 2.75) is 25.2 Å². The van der Waals surface area contributed by atoms with Crippen molar-refractivity contribution in [1.29, 1.82) is 0 Å². The number of aromatic amines is 1. The fourth-order valence-corrected chi connectivity index (χ4v) is 6.33. The Morgan fingerprint density at radius 3 is 2.64 bits per heavy atom. The van der Waals surface area contributed by atoms with Gasteiger partial charge in [0.1, 0.15) is 10.6 Å². The van der Waals surface area contributed by atoms with Crippen LogP contribution >= 0.6 is 35.1 Å². The summed E-state index contributed by atoms with van der Waals surface area (Å²) < 4.78 is 0. The maximum Gasteiger partial charge on any atom is 0.269 e. The number of H-pyrrole nitrogens is 1. The topological polar surface area (TPSA) is 64.6 Å². The first-order valence-electron chi connectivity index (χ1n) is 10.5. The van der Waals surface area contributed by atoms with Crippen molar-refractivity contribution in [3.05, 3.63) is 80.4 Å². The van der Waals surface area contributed by atoms with Crippen LogP contribution in [0.5, 0.6) is 0 Å². The molecule has 33 heavy (non-hydrogen) atoms. The first kappa shape index (κ1) is 22.1. The Morgan fingerprint density at radius 1 is 1.12 bits per heavy atom. The average Bonchev–Trinajstić information content (AvgIpc) is 3.42. The standard InChI is InChI=1S/C24H22ClN5OS2/c1-14-20(15(2)28-27-14)26-24-30(12-11-16-7-5-4-6-8-16)22(31)21(33-24)23-29(3)18-13-17(25)9-10-19(18)32-23/h4-10,13H,11-12H2,1-3H3,(H,27,28)/b23-21-,26-24?. The molecule has 0 saturated carbocycles. The van der Waals surface area contributed by atoms with Gasteiger partial charge in [0, 0.05) is 23.5 Å². The lowest BCUT2D eigenvalue weighted by Gasteiger charge is -2.17. The van der Waals surface area contributed by atoms with Crippen LogP contribution in [0, 0.1) is 13.8 Å². The molecule has 9 heteroatoms. The van der Waals surface area contributed by atoms with Gasteiger partial charge in [0.05, 0.1) is 22.1 Å². The first-order chi connectivity index (χ1) is 15.9. The second kappa shape index (κ2) is 8.93. The molecule has 0 radical (unpaired) electrons. The minimum atomic E-state index is -0.0262. The Balaban J connectivity index is 1.52. The average molecular weight is 496 g/mol. The van der Waals surface area contributed by atoms with Crippen LogP contribution in [0.4, 0.5) is 11.4 Å². The third-order valence-electron chi connectivity index (χ3n) is 5.62. The number of thioether (sulfide) groups is 2. The number of carbonyl (C=O) groups is 1. The normalized spacial score (nSPS) is 19.2. The number of anilines is 1. The lowest BCUT2D eigenvalue weighted by molar-refractivity contribution is -0.122. The van der Waals surface area contributed by atoms with Gasteiger partial charge in [0.25, 0.3) is 5.91 Å². The van der Waals surface area contributed by atoms with Crippen LogP contribution in [-0.2, 0) is 11.2 Å². The summed E-state index contributed by atoms with van der Waals surface area (Å²) in [5, 5.41) is 9.49. The Hall–Kier alpha value is -2.68. The maximum atomic E-state index is 13.7. The molecule has 3 heterocycles. The van der Waals surface area contributed by atoms with Crippen LogP contribution in [0.25, 0.3) is 0 Å². The number of aromatic nitrogens is 2. The quantitative estimate of drug-likeness (QED) is 0.457. The van der Waals surface area contributed by atoms with Crippen LogP contribution in [0.15, 0.2) is 68.4 Å². The molecule has 0 spiro atoms. The lowest BCUT2D eigenvalue weighted by Crippen LogP contribution is -2.31. The number of nitrogens with zero attached hydrogens (tertiary/aromatic N) is 4. The molecule has 2 aliphatic rings. The molecule has 0 bridgehead atoms. The number of amidine groups is 1. The Morgan fingerprint density at radius 2 is 1.91 bits per heavy atom. The van der Waals surface area contributed by atoms with E-state index in [1.807, 2.05) is 62.2 Å². The Kier molecular flexibility index (Phi) is 5.99. The molecule has 0 atom stereocenters. The number of hydrogen-bond acceptors (Lipinski definition) is 6. The summed E-state index contributed by atoms with van der Waals surface area (Å²) >= 11 is 9.23. The molecule has 2 aliphatic heterocycles. The highest BCUT2D eigenvalue weighted by Gasteiger charge is 2.39. The van der Waals surface area contributed by atoms with E-state index in [2.05, 4.69) is 22.3 Å². The molecule has 2 aromatic carbocycles. The zero-order valence-corrected chi connectivity index (χ0v) is 20.8. The molecule has 168 valence electrons. The molecular formula is C24H22ClN5OS2. The van der Waals surface area contributed by atoms with Crippen LogP contribution < -0.4 is 4.90 Å². The number of halogens is 1. The second-order valence-corrected chi connectivity index (χ2v) is 10.3. The third-order valence-corrected chi connectivity index (χ3v) is 8.28. The van der Waals surface area contributed by atoms with Gasteiger partial charge in [-0.05, 0) is 55.8 Å². The van der Waals surface area contributed by atoms with Gasteiger partial charge in [0.2, 0.25) is 0 Å². The van der Waals surface area contributed by atoms with Crippen molar-refractivity contribution in [2.24, 2.45) is 4.99 Å². The molecule has 5 rings (SSSR count). The number of amides is 1. The summed E-state index contributed by atoms with van der Waals surface area (Å²) in [6.45, 7) is 4.41. The van der Waals surface area contributed by atoms with E-state index in [0.717, 1.165) is 39.1 Å². The van der Waals surface area contributed by atoms with Gasteiger partial charge in [-0.15, -0.1) is 0 Å². The molecule has 3 aromatic rings. The third kappa shape index (κ3) is 4.18. The second-order valence-electron chi connectivity index (χ2n) is 7.88. The van der Waals surface area contributed by atoms with Crippen molar-refractivity contribution < 1.29 is 4.79 Å². The van der Waals surface area contributed by atoms with Crippen LogP contribution in [0.2, 0.25) is 5.02 Å². The smallest absolute Gasteiger partial charge is 0.269 e. The predicted octanol–water partition coefficient (Wildman–Crippen LogP) is 5.90. The molecule has 0 unspecified atom stereocenters. The highest BCUT2D eigenvalue weighted by molar-refractivity contribution is 8.19. The number of fused-ring (bicyclic) bond motifs is 1. The molecule has 1 saturated heterocycles. The fraction of sp³-hybridized carbons (Fsp3) is 0.208. The Labute approximate surface area is 206 Å². The van der Waals surface area contributed by atoms with Crippen molar-refractivity contribution >= 4 is 57.6 Å². The monoisotopic (exact) mass is 495 g/mol. The van der Waals surface area contributed by atoms with Crippen LogP contribution in [0.1, 0.15) is 17.0 Å². The highest BCUT2D eigenvalue weighted by atomic mass is 35.5. The van der Waals surface area contributed by atoms with Gasteiger partial charge < -0.3 is 4.90 Å². The first-order valence-corrected chi connectivity index (χ1v) is 12.5. The maximum absolute atomic E-state index is 13.7. The molecule has 1 amide bonds. The molecule has 1 aromatic heterocycles. The largest absolute Gasteiger partial charge is 0.337 e. The fourth-order valence-electron chi connectivity index (χ4n) is 3.83. The minimum absolute atomic E-state index is 0.0262. The van der Waals surface area contributed by atoms with E-state index in [4.69, 9.17) is 16.6 Å². The number of benzene rings is 2. The van der Waals surface area contributed by atoms with Gasteiger partial charge in [-0.2, -0.15) is 5.10 Å². The van der Waals surface area contributed by atoms with E-state index in [0.29, 0.717) is 21.6 Å². The van der Waals surface area contributed by atoms with Crippen LogP contribution in [-0.4, -0.2) is 39.8 Å². The molecule has 0 aliphatic carbocycles. The van der Waals surface area contributed by atoms with Crippen molar-refractivity contribution in [3.63, 3.8) is 0 Å². The van der Waals surface area contributed by atoms with Crippen molar-refractivity contribution in [3.8, 4) is 0 Å². The number of hydrogen-bond donors (Lipinski definition) is 1. The predicted molar refractivity (Wildman–Crippen MR) is 137 cm³/mol. The summed E-state index contributed by atoms with van der Waals surface area (Å²) in [5.74, 6) is -0.0262. The molecule has 1 fully saturated rings. The molecule has 1 N–H and O–H groups in total. The molecule has 6 nitrogen and oxygen atoms in total. The zero-order chi connectivity index (χ0) is 23.1. The lowest BCUT2D eigenvalue weighted by atomic mass is 10.1. The summed E-state index contributed by atoms with van der Waals surface area (Å²) in [7, 11) is 1.97. The van der Waals surface area contributed by atoms with Gasteiger partial charge in [-0.25, -0.2) is 4.99 Å². The van der Waals surface area contributed by atoms with Crippen LogP contribution in [0.3, 0.4) is 0 Å². The number of carbonyl (C=O) groups excluding carboxylic acids is 1. The molecular weight excluding hydrogens is 474 g/mol. The summed E-state index contributed by atoms with van der Waals surface area (Å²) in [6.07, 6.45) is 0.747. The number of nitrogens with one attached hydrogen (secondary N) is 1. The van der Waals surface area contributed by atoms with E-state index in [-0.39, 0.29) is 5.91 Å². The highest BCUT2D eigenvalue weighted by Crippen LogP contribution is 2.50. The van der Waals surface area contributed by atoms with Gasteiger partial charge in [-0.1, -0.05) is 53.7 Å². The number of rotatable bonds is 4. The van der Waals surface area contributed by atoms with E-state index < -0.39 is 0 Å².